The molecule has 25 heavy (non-hydrogen) atoms. The predicted molar refractivity (Wildman–Crippen MR) is 97.4 cm³/mol. The second kappa shape index (κ2) is 8.38. The summed E-state index contributed by atoms with van der Waals surface area (Å²) in [7, 11) is 0. The third-order valence-electron chi connectivity index (χ3n) is 4.87. The van der Waals surface area contributed by atoms with Crippen LogP contribution in [0.25, 0.3) is 0 Å². The minimum atomic E-state index is -0.963. The molecule has 1 atom stereocenters. The topological polar surface area (TPSA) is 86.7 Å². The van der Waals surface area contributed by atoms with Crippen molar-refractivity contribution < 1.29 is 19.5 Å². The molecule has 1 aliphatic rings. The molecule has 0 radical (unpaired) electrons. The van der Waals surface area contributed by atoms with Crippen molar-refractivity contribution in [2.24, 2.45) is 5.41 Å². The number of nitrogens with zero attached hydrogens (tertiary/aromatic N) is 1. The number of thioether (sulfide) groups is 1. The molecule has 0 spiro atoms. The Morgan fingerprint density at radius 2 is 1.88 bits per heavy atom. The quantitative estimate of drug-likeness (QED) is 0.775. The summed E-state index contributed by atoms with van der Waals surface area (Å²) in [6.45, 7) is 3.68. The number of rotatable bonds is 7. The van der Waals surface area contributed by atoms with Crippen molar-refractivity contribution in [3.63, 3.8) is 0 Å². The van der Waals surface area contributed by atoms with Gasteiger partial charge in [0, 0.05) is 17.9 Å². The van der Waals surface area contributed by atoms with Crippen molar-refractivity contribution in [1.29, 1.82) is 0 Å². The van der Waals surface area contributed by atoms with E-state index in [0.29, 0.717) is 30.0 Å². The normalized spacial score (nSPS) is 17.4. The van der Waals surface area contributed by atoms with Crippen molar-refractivity contribution in [2.75, 3.05) is 18.2 Å². The second-order valence-electron chi connectivity index (χ2n) is 6.17. The van der Waals surface area contributed by atoms with Crippen molar-refractivity contribution in [3.05, 3.63) is 35.9 Å². The van der Waals surface area contributed by atoms with E-state index in [0.717, 1.165) is 0 Å². The lowest BCUT2D eigenvalue weighted by Crippen LogP contribution is -2.50. The fourth-order valence-electron chi connectivity index (χ4n) is 2.86. The molecule has 0 saturated carbocycles. The summed E-state index contributed by atoms with van der Waals surface area (Å²) in [6, 6.07) is 8.29. The molecule has 1 aromatic carbocycles. The van der Waals surface area contributed by atoms with Gasteiger partial charge in [0.15, 0.2) is 0 Å². The highest BCUT2D eigenvalue weighted by atomic mass is 32.2. The summed E-state index contributed by atoms with van der Waals surface area (Å²) in [5.74, 6) is -0.404. The van der Waals surface area contributed by atoms with Crippen molar-refractivity contribution in [2.45, 2.75) is 32.7 Å². The van der Waals surface area contributed by atoms with Gasteiger partial charge in [0.25, 0.3) is 5.91 Å². The molecule has 6 nitrogen and oxygen atoms in total. The molecule has 136 valence electrons. The van der Waals surface area contributed by atoms with E-state index in [1.807, 2.05) is 6.07 Å². The monoisotopic (exact) mass is 364 g/mol. The first-order chi connectivity index (χ1) is 11.9. The van der Waals surface area contributed by atoms with Crippen molar-refractivity contribution in [3.8, 4) is 0 Å². The second-order valence-corrected chi connectivity index (χ2v) is 7.17. The minimum Gasteiger partial charge on any atom is -0.481 e. The van der Waals surface area contributed by atoms with E-state index in [-0.39, 0.29) is 18.4 Å². The Morgan fingerprint density at radius 1 is 1.24 bits per heavy atom. The van der Waals surface area contributed by atoms with Gasteiger partial charge in [-0.15, -0.1) is 11.8 Å². The third kappa shape index (κ3) is 4.15. The maximum absolute atomic E-state index is 12.6. The van der Waals surface area contributed by atoms with E-state index >= 15 is 0 Å². The van der Waals surface area contributed by atoms with Crippen molar-refractivity contribution >= 4 is 29.5 Å². The van der Waals surface area contributed by atoms with Gasteiger partial charge in [-0.25, -0.2) is 0 Å². The maximum Gasteiger partial charge on any atom is 0.311 e. The zero-order valence-corrected chi connectivity index (χ0v) is 15.3. The Hall–Kier alpha value is -2.02. The average Bonchev–Trinajstić information content (AvgIpc) is 3.12. The molecule has 1 aromatic rings. The van der Waals surface area contributed by atoms with Crippen LogP contribution in [0, 0.1) is 5.41 Å². The number of carbonyl (C=O) groups is 3. The fourth-order valence-corrected chi connectivity index (χ4v) is 4.01. The lowest BCUT2D eigenvalue weighted by molar-refractivity contribution is -0.149. The van der Waals surface area contributed by atoms with E-state index in [4.69, 9.17) is 0 Å². The summed E-state index contributed by atoms with van der Waals surface area (Å²) >= 11 is 1.52. The van der Waals surface area contributed by atoms with Crippen LogP contribution in [0.4, 0.5) is 0 Å². The molecule has 1 unspecified atom stereocenters. The predicted octanol–water partition coefficient (Wildman–Crippen LogP) is 2.21. The summed E-state index contributed by atoms with van der Waals surface area (Å²) in [4.78, 5) is 38.3. The molecule has 2 N–H and O–H groups in total. The van der Waals surface area contributed by atoms with Crippen LogP contribution in [0.2, 0.25) is 0 Å². The van der Waals surface area contributed by atoms with Gasteiger partial charge >= 0.3 is 5.97 Å². The number of carboxylic acids is 1. The number of nitrogens with one attached hydrogen (secondary N) is 1. The molecule has 2 amide bonds. The van der Waals surface area contributed by atoms with E-state index < -0.39 is 17.4 Å². The lowest BCUT2D eigenvalue weighted by Gasteiger charge is -2.29. The molecule has 7 heteroatoms. The SMILES string of the molecule is CCC(CC)(CNC(=O)C1CSCN1C(=O)c1ccccc1)C(=O)O. The Balaban J connectivity index is 2.05. The van der Waals surface area contributed by atoms with Gasteiger partial charge in [-0.3, -0.25) is 14.4 Å². The summed E-state index contributed by atoms with van der Waals surface area (Å²) in [5, 5.41) is 12.2. The van der Waals surface area contributed by atoms with Gasteiger partial charge < -0.3 is 15.3 Å². The van der Waals surface area contributed by atoms with Gasteiger partial charge in [0.2, 0.25) is 5.91 Å². The molecule has 2 rings (SSSR count). The number of aliphatic carboxylic acids is 1. The van der Waals surface area contributed by atoms with Gasteiger partial charge in [0.1, 0.15) is 6.04 Å². The summed E-state index contributed by atoms with van der Waals surface area (Å²) in [6.07, 6.45) is 0.871. The highest BCUT2D eigenvalue weighted by Gasteiger charge is 2.38. The Bertz CT molecular complexity index is 631. The molecule has 0 bridgehead atoms. The van der Waals surface area contributed by atoms with E-state index in [1.165, 1.54) is 11.8 Å². The van der Waals surface area contributed by atoms with Crippen LogP contribution in [0.15, 0.2) is 30.3 Å². The minimum absolute atomic E-state index is 0.0721. The number of benzene rings is 1. The molecule has 0 aromatic heterocycles. The van der Waals surface area contributed by atoms with Gasteiger partial charge in [-0.05, 0) is 25.0 Å². The molecule has 1 fully saturated rings. The number of amides is 2. The third-order valence-corrected chi connectivity index (χ3v) is 5.89. The molecule has 1 heterocycles. The van der Waals surface area contributed by atoms with Gasteiger partial charge in [-0.2, -0.15) is 0 Å². The first-order valence-electron chi connectivity index (χ1n) is 8.40. The number of carbonyl (C=O) groups excluding carboxylic acids is 2. The average molecular weight is 364 g/mol. The summed E-state index contributed by atoms with van der Waals surface area (Å²) in [5.41, 5.74) is -0.417. The molecular weight excluding hydrogens is 340 g/mol. The first kappa shape index (κ1) is 19.3. The Kier molecular flexibility index (Phi) is 6.47. The van der Waals surface area contributed by atoms with Crippen LogP contribution in [-0.4, -0.2) is 52.0 Å². The van der Waals surface area contributed by atoms with Crippen molar-refractivity contribution in [1.82, 2.24) is 10.2 Å². The van der Waals surface area contributed by atoms with Crippen LogP contribution < -0.4 is 5.32 Å². The van der Waals surface area contributed by atoms with Gasteiger partial charge in [-0.1, -0.05) is 32.0 Å². The zero-order valence-electron chi connectivity index (χ0n) is 14.5. The summed E-state index contributed by atoms with van der Waals surface area (Å²) < 4.78 is 0. The Labute approximate surface area is 152 Å². The highest BCUT2D eigenvalue weighted by molar-refractivity contribution is 7.99. The van der Waals surface area contributed by atoms with Gasteiger partial charge in [0.05, 0.1) is 11.3 Å². The Morgan fingerprint density at radius 3 is 2.44 bits per heavy atom. The van der Waals surface area contributed by atoms with Crippen LogP contribution in [-0.2, 0) is 9.59 Å². The van der Waals surface area contributed by atoms with E-state index in [9.17, 15) is 19.5 Å². The molecule has 0 aliphatic carbocycles. The lowest BCUT2D eigenvalue weighted by atomic mass is 9.82. The smallest absolute Gasteiger partial charge is 0.311 e. The highest BCUT2D eigenvalue weighted by Crippen LogP contribution is 2.27. The standard InChI is InChI=1S/C18H24N2O4S/c1-3-18(4-2,17(23)24)11-19-15(21)14-10-25-12-20(14)16(22)13-8-6-5-7-9-13/h5-9,14H,3-4,10-12H2,1-2H3,(H,19,21)(H,23,24). The van der Waals surface area contributed by atoms with Crippen LogP contribution in [0.1, 0.15) is 37.0 Å². The first-order valence-corrected chi connectivity index (χ1v) is 9.55. The van der Waals surface area contributed by atoms with Crippen LogP contribution in [0.5, 0.6) is 0 Å². The zero-order chi connectivity index (χ0) is 18.4. The fraction of sp³-hybridized carbons (Fsp3) is 0.500. The van der Waals surface area contributed by atoms with Crippen LogP contribution >= 0.6 is 11.8 Å². The van der Waals surface area contributed by atoms with Crippen LogP contribution in [0.3, 0.4) is 0 Å². The molecule has 1 saturated heterocycles. The van der Waals surface area contributed by atoms with E-state index in [2.05, 4.69) is 5.32 Å². The molecule has 1 aliphatic heterocycles. The molecular formula is C18H24N2O4S. The van der Waals surface area contributed by atoms with E-state index in [1.54, 1.807) is 43.0 Å². The largest absolute Gasteiger partial charge is 0.481 e. The maximum atomic E-state index is 12.6. The number of hydrogen-bond donors (Lipinski definition) is 2. The number of carboxylic acid groups (broad SMARTS) is 1. The number of hydrogen-bond acceptors (Lipinski definition) is 4.